The number of fused-ring (bicyclic) bond motifs is 2. The molecule has 2 bridgehead atoms. The van der Waals surface area contributed by atoms with Crippen molar-refractivity contribution in [2.24, 2.45) is 17.1 Å². The van der Waals surface area contributed by atoms with Gasteiger partial charge in [-0.3, -0.25) is 4.79 Å². The van der Waals surface area contributed by atoms with E-state index in [0.717, 1.165) is 25.7 Å². The number of hydrogen-bond acceptors (Lipinski definition) is 3. The number of carbonyl (C=O) groups excluding carboxylic acids is 1. The first kappa shape index (κ1) is 10.9. The van der Waals surface area contributed by atoms with Gasteiger partial charge in [0.05, 0.1) is 5.41 Å². The van der Waals surface area contributed by atoms with Gasteiger partial charge in [-0.2, -0.15) is 0 Å². The van der Waals surface area contributed by atoms with Crippen LogP contribution >= 0.6 is 0 Å². The lowest BCUT2D eigenvalue weighted by atomic mass is 9.80. The van der Waals surface area contributed by atoms with Gasteiger partial charge in [0.2, 0.25) is 0 Å². The maximum Gasteiger partial charge on any atom is 0.314 e. The summed E-state index contributed by atoms with van der Waals surface area (Å²) >= 11 is 0. The van der Waals surface area contributed by atoms with Crippen LogP contribution in [0.3, 0.4) is 0 Å². The second-order valence-corrected chi connectivity index (χ2v) is 6.11. The first-order chi connectivity index (χ1) is 6.83. The van der Waals surface area contributed by atoms with Gasteiger partial charge in [0.25, 0.3) is 0 Å². The van der Waals surface area contributed by atoms with E-state index in [0.29, 0.717) is 5.92 Å². The molecule has 2 saturated carbocycles. The third-order valence-corrected chi connectivity index (χ3v) is 3.75. The Labute approximate surface area is 91.4 Å². The molecule has 0 aromatic carbocycles. The Hall–Kier alpha value is -0.570. The largest absolute Gasteiger partial charge is 0.459 e. The van der Waals surface area contributed by atoms with E-state index in [1.807, 2.05) is 20.8 Å². The summed E-state index contributed by atoms with van der Waals surface area (Å²) in [7, 11) is 0. The summed E-state index contributed by atoms with van der Waals surface area (Å²) in [5.41, 5.74) is 5.33. The van der Waals surface area contributed by atoms with Crippen molar-refractivity contribution in [3.05, 3.63) is 0 Å². The van der Waals surface area contributed by atoms with Crippen LogP contribution in [0.15, 0.2) is 0 Å². The van der Waals surface area contributed by atoms with Crippen LogP contribution in [0.2, 0.25) is 0 Å². The Morgan fingerprint density at radius 2 is 2.13 bits per heavy atom. The fourth-order valence-electron chi connectivity index (χ4n) is 3.02. The topological polar surface area (TPSA) is 52.3 Å². The lowest BCUT2D eigenvalue weighted by molar-refractivity contribution is -0.168. The van der Waals surface area contributed by atoms with Crippen molar-refractivity contribution in [1.82, 2.24) is 0 Å². The minimum atomic E-state index is -0.397. The van der Waals surface area contributed by atoms with Crippen molar-refractivity contribution in [3.63, 3.8) is 0 Å². The predicted octanol–water partition coefficient (Wildman–Crippen LogP) is 1.85. The second-order valence-electron chi connectivity index (χ2n) is 6.11. The fourth-order valence-corrected chi connectivity index (χ4v) is 3.02. The van der Waals surface area contributed by atoms with E-state index in [9.17, 15) is 4.79 Å². The van der Waals surface area contributed by atoms with E-state index in [2.05, 4.69) is 0 Å². The zero-order chi connectivity index (χ0) is 11.3. The van der Waals surface area contributed by atoms with Gasteiger partial charge in [-0.1, -0.05) is 0 Å². The summed E-state index contributed by atoms with van der Waals surface area (Å²) in [6, 6.07) is 0.0195. The zero-order valence-corrected chi connectivity index (χ0v) is 9.88. The van der Waals surface area contributed by atoms with Gasteiger partial charge >= 0.3 is 5.97 Å². The van der Waals surface area contributed by atoms with E-state index in [1.165, 1.54) is 0 Å². The Balaban J connectivity index is 2.12. The molecule has 0 heterocycles. The van der Waals surface area contributed by atoms with Crippen molar-refractivity contribution in [2.45, 2.75) is 58.1 Å². The molecular formula is C12H21NO2. The Morgan fingerprint density at radius 1 is 1.47 bits per heavy atom. The number of rotatable bonds is 1. The van der Waals surface area contributed by atoms with Crippen LogP contribution < -0.4 is 5.73 Å². The highest BCUT2D eigenvalue weighted by molar-refractivity contribution is 5.79. The monoisotopic (exact) mass is 211 g/mol. The van der Waals surface area contributed by atoms with E-state index in [1.54, 1.807) is 0 Å². The minimum absolute atomic E-state index is 0.0195. The lowest BCUT2D eigenvalue weighted by Gasteiger charge is -2.33. The molecule has 2 N–H and O–H groups in total. The third-order valence-electron chi connectivity index (χ3n) is 3.75. The molecule has 3 atom stereocenters. The van der Waals surface area contributed by atoms with Crippen molar-refractivity contribution in [1.29, 1.82) is 0 Å². The van der Waals surface area contributed by atoms with Crippen LogP contribution in [-0.2, 0) is 9.53 Å². The molecule has 3 unspecified atom stereocenters. The molecule has 0 radical (unpaired) electrons. The Morgan fingerprint density at radius 3 is 2.53 bits per heavy atom. The van der Waals surface area contributed by atoms with Crippen LogP contribution in [0.25, 0.3) is 0 Å². The zero-order valence-electron chi connectivity index (χ0n) is 9.88. The number of esters is 1. The van der Waals surface area contributed by atoms with Crippen molar-refractivity contribution in [3.8, 4) is 0 Å². The molecule has 15 heavy (non-hydrogen) atoms. The molecule has 2 aliphatic rings. The van der Waals surface area contributed by atoms with Gasteiger partial charge < -0.3 is 10.5 Å². The van der Waals surface area contributed by atoms with Crippen LogP contribution in [0.5, 0.6) is 0 Å². The summed E-state index contributed by atoms with van der Waals surface area (Å²) in [6.07, 6.45) is 4.02. The van der Waals surface area contributed by atoms with Crippen LogP contribution in [0.1, 0.15) is 46.5 Å². The Kier molecular flexibility index (Phi) is 2.34. The number of carbonyl (C=O) groups is 1. The van der Waals surface area contributed by atoms with E-state index in [-0.39, 0.29) is 17.4 Å². The molecule has 2 fully saturated rings. The van der Waals surface area contributed by atoms with Crippen LogP contribution in [0.4, 0.5) is 0 Å². The molecule has 2 aliphatic carbocycles. The van der Waals surface area contributed by atoms with Crippen LogP contribution in [-0.4, -0.2) is 17.6 Å². The van der Waals surface area contributed by atoms with Crippen molar-refractivity contribution < 1.29 is 9.53 Å². The summed E-state index contributed by atoms with van der Waals surface area (Å²) in [5, 5.41) is 0. The molecule has 3 nitrogen and oxygen atoms in total. The van der Waals surface area contributed by atoms with Crippen LogP contribution in [0, 0.1) is 11.3 Å². The maximum atomic E-state index is 12.1. The summed E-state index contributed by atoms with van der Waals surface area (Å²) in [6.45, 7) is 5.73. The molecule has 86 valence electrons. The molecule has 0 spiro atoms. The Bertz CT molecular complexity index is 282. The van der Waals surface area contributed by atoms with E-state index >= 15 is 0 Å². The quantitative estimate of drug-likeness (QED) is 0.673. The lowest BCUT2D eigenvalue weighted by Crippen LogP contribution is -2.46. The average Bonchev–Trinajstić information content (AvgIpc) is 2.58. The molecule has 3 heteroatoms. The molecule has 0 aromatic rings. The summed E-state index contributed by atoms with van der Waals surface area (Å²) < 4.78 is 5.49. The molecule has 0 aliphatic heterocycles. The van der Waals surface area contributed by atoms with Gasteiger partial charge in [0, 0.05) is 6.04 Å². The number of nitrogens with two attached hydrogens (primary N) is 1. The molecule has 0 amide bonds. The molecule has 0 saturated heterocycles. The van der Waals surface area contributed by atoms with E-state index in [4.69, 9.17) is 10.5 Å². The fraction of sp³-hybridized carbons (Fsp3) is 0.917. The average molecular weight is 211 g/mol. The highest BCUT2D eigenvalue weighted by Gasteiger charge is 2.56. The van der Waals surface area contributed by atoms with Gasteiger partial charge in [-0.25, -0.2) is 0 Å². The first-order valence-electron chi connectivity index (χ1n) is 5.82. The van der Waals surface area contributed by atoms with E-state index < -0.39 is 5.60 Å². The smallest absolute Gasteiger partial charge is 0.314 e. The maximum absolute atomic E-state index is 12.1. The van der Waals surface area contributed by atoms with Gasteiger partial charge in [0.15, 0.2) is 0 Å². The summed E-state index contributed by atoms with van der Waals surface area (Å²) in [4.78, 5) is 12.1. The highest BCUT2D eigenvalue weighted by Crippen LogP contribution is 2.54. The van der Waals surface area contributed by atoms with Gasteiger partial charge in [-0.05, 0) is 52.4 Å². The minimum Gasteiger partial charge on any atom is -0.459 e. The second kappa shape index (κ2) is 3.21. The molecular weight excluding hydrogens is 190 g/mol. The normalized spacial score (nSPS) is 39.5. The summed E-state index contributed by atoms with van der Waals surface area (Å²) in [5.74, 6) is 0.593. The van der Waals surface area contributed by atoms with Gasteiger partial charge in [0.1, 0.15) is 5.60 Å². The predicted molar refractivity (Wildman–Crippen MR) is 58.2 cm³/mol. The molecule has 0 aromatic heterocycles. The standard InChI is InChI=1S/C12H21NO2/c1-11(2,3)15-10(14)12-5-4-8(7-12)6-9(12)13/h8-9H,4-7,13H2,1-3H3. The SMILES string of the molecule is CC(C)(C)OC(=O)C12CCC(CC1N)C2. The number of ether oxygens (including phenoxy) is 1. The first-order valence-corrected chi connectivity index (χ1v) is 5.82. The third kappa shape index (κ3) is 1.78. The van der Waals surface area contributed by atoms with Gasteiger partial charge in [-0.15, -0.1) is 0 Å². The number of hydrogen-bond donors (Lipinski definition) is 1. The van der Waals surface area contributed by atoms with Crippen molar-refractivity contribution in [2.75, 3.05) is 0 Å². The highest BCUT2D eigenvalue weighted by atomic mass is 16.6. The molecule has 2 rings (SSSR count). The van der Waals surface area contributed by atoms with Crippen molar-refractivity contribution >= 4 is 5.97 Å².